The zero-order chi connectivity index (χ0) is 30.8. The Kier molecular flexibility index (Phi) is 11.5. The molecule has 4 rings (SSSR count). The van der Waals surface area contributed by atoms with Crippen LogP contribution in [0.25, 0.3) is 10.8 Å². The Bertz CT molecular complexity index is 1310. The van der Waals surface area contributed by atoms with E-state index in [0.29, 0.717) is 45.2 Å². The molecule has 11 nitrogen and oxygen atoms in total. The first kappa shape index (κ1) is 31.9. The van der Waals surface area contributed by atoms with Gasteiger partial charge < -0.3 is 32.3 Å². The van der Waals surface area contributed by atoms with E-state index in [1.165, 1.54) is 0 Å². The monoisotopic (exact) mass is 591 g/mol. The second kappa shape index (κ2) is 15.5. The standard InChI is InChI=1S/C32H45N7O4/c33-25(21-23-11-6-10-22-9-2-3-12-24(22)23)31(43)39-20-8-14-27(39)30(42)37-26(13-7-17-36-32(34)35)28(40)15-16-29(41)38-18-4-1-5-19-38/h2-3,6,9-12,25-27H,1,4-5,7-8,13-21,33H2,(H,37,42)(H4,34,35,36)/t25-,26-,27-/m0/s1. The fourth-order valence-electron chi connectivity index (χ4n) is 6.10. The molecule has 3 atom stereocenters. The number of carbonyl (C=O) groups excluding carboxylic acids is 4. The normalized spacial score (nSPS) is 18.2. The molecular formula is C32H45N7O4. The van der Waals surface area contributed by atoms with Crippen LogP contribution in [-0.2, 0) is 25.6 Å². The van der Waals surface area contributed by atoms with Crippen molar-refractivity contribution in [1.29, 1.82) is 0 Å². The molecule has 7 N–H and O–H groups in total. The number of hydrogen-bond donors (Lipinski definition) is 4. The molecule has 0 aromatic heterocycles. The van der Waals surface area contributed by atoms with Gasteiger partial charge in [0.25, 0.3) is 0 Å². The lowest BCUT2D eigenvalue weighted by atomic mass is 9.98. The molecule has 2 heterocycles. The number of fused-ring (bicyclic) bond motifs is 1. The minimum Gasteiger partial charge on any atom is -0.370 e. The number of ketones is 1. The molecule has 2 aliphatic rings. The minimum absolute atomic E-state index is 0.0335. The first-order chi connectivity index (χ1) is 20.7. The molecule has 0 unspecified atom stereocenters. The molecule has 0 spiro atoms. The van der Waals surface area contributed by atoms with Crippen molar-refractivity contribution in [3.8, 4) is 0 Å². The Hall–Kier alpha value is -3.99. The summed E-state index contributed by atoms with van der Waals surface area (Å²) in [6.45, 7) is 2.18. The van der Waals surface area contributed by atoms with Crippen LogP contribution in [-0.4, -0.2) is 83.6 Å². The van der Waals surface area contributed by atoms with E-state index < -0.39 is 18.1 Å². The van der Waals surface area contributed by atoms with Gasteiger partial charge in [-0.3, -0.25) is 24.2 Å². The largest absolute Gasteiger partial charge is 0.370 e. The summed E-state index contributed by atoms with van der Waals surface area (Å²) in [5, 5.41) is 5.01. The predicted molar refractivity (Wildman–Crippen MR) is 167 cm³/mol. The number of guanidine groups is 1. The summed E-state index contributed by atoms with van der Waals surface area (Å²) in [6.07, 6.45) is 5.50. The fourth-order valence-corrected chi connectivity index (χ4v) is 6.10. The van der Waals surface area contributed by atoms with Gasteiger partial charge >= 0.3 is 0 Å². The topological polar surface area (TPSA) is 177 Å². The minimum atomic E-state index is -0.808. The number of benzene rings is 2. The van der Waals surface area contributed by atoms with Gasteiger partial charge in [0, 0.05) is 39.0 Å². The van der Waals surface area contributed by atoms with Crippen LogP contribution in [0.4, 0.5) is 0 Å². The highest BCUT2D eigenvalue weighted by molar-refractivity contribution is 5.95. The number of likely N-dealkylation sites (tertiary alicyclic amines) is 2. The average molecular weight is 592 g/mol. The summed E-state index contributed by atoms with van der Waals surface area (Å²) in [7, 11) is 0. The average Bonchev–Trinajstić information content (AvgIpc) is 3.51. The number of amides is 3. The summed E-state index contributed by atoms with van der Waals surface area (Å²) in [4.78, 5) is 60.3. The van der Waals surface area contributed by atoms with Crippen molar-refractivity contribution in [3.63, 3.8) is 0 Å². The Labute approximate surface area is 253 Å². The highest BCUT2D eigenvalue weighted by atomic mass is 16.2. The maximum absolute atomic E-state index is 13.5. The Morgan fingerprint density at radius 3 is 2.44 bits per heavy atom. The number of Topliss-reactive ketones (excluding diaryl/α,β-unsaturated/α-hetero) is 1. The molecule has 2 fully saturated rings. The molecule has 232 valence electrons. The summed E-state index contributed by atoms with van der Waals surface area (Å²) < 4.78 is 0. The maximum Gasteiger partial charge on any atom is 0.243 e. The number of rotatable bonds is 13. The maximum atomic E-state index is 13.5. The molecule has 2 aromatic rings. The van der Waals surface area contributed by atoms with E-state index in [-0.39, 0.29) is 42.3 Å². The SMILES string of the molecule is NC(N)=NCCC[C@H](NC(=O)[C@@H]1CCCN1C(=O)[C@@H](N)Cc1cccc2ccccc12)C(=O)CCC(=O)N1CCCCC1. The van der Waals surface area contributed by atoms with Gasteiger partial charge in [-0.05, 0) is 67.7 Å². The molecule has 43 heavy (non-hydrogen) atoms. The Morgan fingerprint density at radius 2 is 1.67 bits per heavy atom. The third-order valence-corrected chi connectivity index (χ3v) is 8.42. The predicted octanol–water partition coefficient (Wildman–Crippen LogP) is 1.60. The van der Waals surface area contributed by atoms with Crippen LogP contribution in [0.5, 0.6) is 0 Å². The van der Waals surface area contributed by atoms with Crippen molar-refractivity contribution >= 4 is 40.2 Å². The van der Waals surface area contributed by atoms with Crippen molar-refractivity contribution in [3.05, 3.63) is 48.0 Å². The van der Waals surface area contributed by atoms with Gasteiger partial charge in [0.2, 0.25) is 17.7 Å². The number of piperidine rings is 1. The van der Waals surface area contributed by atoms with Crippen LogP contribution >= 0.6 is 0 Å². The van der Waals surface area contributed by atoms with E-state index in [4.69, 9.17) is 17.2 Å². The number of aliphatic imine (C=N–C) groups is 1. The lowest BCUT2D eigenvalue weighted by molar-refractivity contribution is -0.140. The van der Waals surface area contributed by atoms with Crippen LogP contribution in [0.1, 0.15) is 63.4 Å². The second-order valence-corrected chi connectivity index (χ2v) is 11.6. The summed E-state index contributed by atoms with van der Waals surface area (Å²) in [5.74, 6) is -0.962. The van der Waals surface area contributed by atoms with Crippen LogP contribution in [0.2, 0.25) is 0 Å². The zero-order valence-electron chi connectivity index (χ0n) is 24.9. The van der Waals surface area contributed by atoms with Crippen LogP contribution in [0.15, 0.2) is 47.5 Å². The molecular weight excluding hydrogens is 546 g/mol. The van der Waals surface area contributed by atoms with E-state index in [0.717, 1.165) is 48.7 Å². The molecule has 11 heteroatoms. The fraction of sp³-hybridized carbons (Fsp3) is 0.531. The van der Waals surface area contributed by atoms with Gasteiger partial charge in [0.05, 0.1) is 12.1 Å². The number of nitrogens with two attached hydrogens (primary N) is 3. The number of hydrogen-bond acceptors (Lipinski definition) is 6. The molecule has 0 aliphatic carbocycles. The van der Waals surface area contributed by atoms with Crippen LogP contribution in [0.3, 0.4) is 0 Å². The van der Waals surface area contributed by atoms with Crippen molar-refractivity contribution < 1.29 is 19.2 Å². The molecule has 0 radical (unpaired) electrons. The summed E-state index contributed by atoms with van der Waals surface area (Å²) >= 11 is 0. The first-order valence-corrected chi connectivity index (χ1v) is 15.4. The molecule has 2 aromatic carbocycles. The van der Waals surface area contributed by atoms with Gasteiger partial charge in [0.1, 0.15) is 6.04 Å². The van der Waals surface area contributed by atoms with Gasteiger partial charge in [-0.1, -0.05) is 42.5 Å². The van der Waals surface area contributed by atoms with Crippen molar-refractivity contribution in [2.45, 2.75) is 82.3 Å². The quantitative estimate of drug-likeness (QED) is 0.155. The van der Waals surface area contributed by atoms with Crippen LogP contribution < -0.4 is 22.5 Å². The number of nitrogens with one attached hydrogen (secondary N) is 1. The van der Waals surface area contributed by atoms with Gasteiger partial charge in [-0.2, -0.15) is 0 Å². The molecule has 3 amide bonds. The second-order valence-electron chi connectivity index (χ2n) is 11.6. The Balaban J connectivity index is 1.38. The lowest BCUT2D eigenvalue weighted by Crippen LogP contribution is -2.54. The molecule has 2 aliphatic heterocycles. The van der Waals surface area contributed by atoms with Gasteiger partial charge in [0.15, 0.2) is 11.7 Å². The van der Waals surface area contributed by atoms with E-state index in [2.05, 4.69) is 10.3 Å². The lowest BCUT2D eigenvalue weighted by Gasteiger charge is -2.29. The zero-order valence-corrected chi connectivity index (χ0v) is 24.9. The Morgan fingerprint density at radius 1 is 0.930 bits per heavy atom. The highest BCUT2D eigenvalue weighted by Crippen LogP contribution is 2.23. The molecule has 0 bridgehead atoms. The third kappa shape index (κ3) is 8.76. The van der Waals surface area contributed by atoms with Gasteiger partial charge in [-0.15, -0.1) is 0 Å². The van der Waals surface area contributed by atoms with E-state index in [9.17, 15) is 19.2 Å². The summed E-state index contributed by atoms with van der Waals surface area (Å²) in [6, 6.07) is 11.6. The van der Waals surface area contributed by atoms with Crippen molar-refractivity contribution in [2.75, 3.05) is 26.2 Å². The first-order valence-electron chi connectivity index (χ1n) is 15.4. The van der Waals surface area contributed by atoms with E-state index in [1.807, 2.05) is 47.4 Å². The smallest absolute Gasteiger partial charge is 0.243 e. The third-order valence-electron chi connectivity index (χ3n) is 8.42. The van der Waals surface area contributed by atoms with Crippen LogP contribution in [0, 0.1) is 0 Å². The molecule has 2 saturated heterocycles. The van der Waals surface area contributed by atoms with Gasteiger partial charge in [-0.25, -0.2) is 0 Å². The number of nitrogens with zero attached hydrogens (tertiary/aromatic N) is 3. The molecule has 0 saturated carbocycles. The van der Waals surface area contributed by atoms with E-state index >= 15 is 0 Å². The number of carbonyl (C=O) groups is 4. The highest BCUT2D eigenvalue weighted by Gasteiger charge is 2.37. The van der Waals surface area contributed by atoms with E-state index in [1.54, 1.807) is 4.90 Å². The van der Waals surface area contributed by atoms with Crippen molar-refractivity contribution in [2.24, 2.45) is 22.2 Å². The summed E-state index contributed by atoms with van der Waals surface area (Å²) in [5.41, 5.74) is 18.3. The van der Waals surface area contributed by atoms with Crippen molar-refractivity contribution in [1.82, 2.24) is 15.1 Å².